The van der Waals surface area contributed by atoms with E-state index in [9.17, 15) is 4.79 Å². The number of carbonyl (C=O) groups is 1. The summed E-state index contributed by atoms with van der Waals surface area (Å²) < 4.78 is 0. The molecule has 3 rings (SSSR count). The number of thioether (sulfide) groups is 1. The van der Waals surface area contributed by atoms with Crippen LogP contribution in [0.15, 0.2) is 0 Å². The molecule has 0 radical (unpaired) electrons. The van der Waals surface area contributed by atoms with Gasteiger partial charge in [-0.2, -0.15) is 11.8 Å². The van der Waals surface area contributed by atoms with Gasteiger partial charge in [-0.25, -0.2) is 0 Å². The first kappa shape index (κ1) is 14.9. The fraction of sp³-hybridized carbons (Fsp3) is 0.941. The maximum absolute atomic E-state index is 12.8. The predicted octanol–water partition coefficient (Wildman–Crippen LogP) is 3.46. The van der Waals surface area contributed by atoms with Crippen molar-refractivity contribution in [2.24, 2.45) is 21.7 Å². The summed E-state index contributed by atoms with van der Waals surface area (Å²) in [6.07, 6.45) is 1.10. The molecule has 0 aromatic heterocycles. The molecule has 0 unspecified atom stereocenters. The van der Waals surface area contributed by atoms with Gasteiger partial charge in [0.1, 0.15) is 0 Å². The first-order valence-corrected chi connectivity index (χ1v) is 9.15. The Morgan fingerprint density at radius 2 is 1.85 bits per heavy atom. The van der Waals surface area contributed by atoms with Gasteiger partial charge in [0.25, 0.3) is 0 Å². The molecule has 3 fully saturated rings. The van der Waals surface area contributed by atoms with E-state index >= 15 is 0 Å². The summed E-state index contributed by atoms with van der Waals surface area (Å²) in [5.74, 6) is 3.07. The number of Topliss-reactive ketones (excluding diaryl/α,β-unsaturated/α-hetero) is 1. The minimum atomic E-state index is -0.218. The van der Waals surface area contributed by atoms with Gasteiger partial charge in [-0.1, -0.05) is 41.5 Å². The second-order valence-electron chi connectivity index (χ2n) is 8.68. The van der Waals surface area contributed by atoms with Crippen LogP contribution in [0.3, 0.4) is 0 Å². The summed E-state index contributed by atoms with van der Waals surface area (Å²) in [4.78, 5) is 15.3. The Balaban J connectivity index is 1.88. The molecule has 2 heterocycles. The molecule has 114 valence electrons. The number of ketones is 1. The Morgan fingerprint density at radius 3 is 2.20 bits per heavy atom. The van der Waals surface area contributed by atoms with Crippen molar-refractivity contribution in [3.63, 3.8) is 0 Å². The van der Waals surface area contributed by atoms with Crippen LogP contribution in [0.2, 0.25) is 0 Å². The van der Waals surface area contributed by atoms with Crippen LogP contribution in [-0.4, -0.2) is 41.3 Å². The Morgan fingerprint density at radius 1 is 1.25 bits per heavy atom. The van der Waals surface area contributed by atoms with E-state index in [2.05, 4.69) is 58.2 Å². The average molecular weight is 295 g/mol. The van der Waals surface area contributed by atoms with E-state index in [1.165, 1.54) is 11.5 Å². The molecule has 2 spiro atoms. The molecule has 0 amide bonds. The molecule has 1 aliphatic carbocycles. The van der Waals surface area contributed by atoms with E-state index in [1.54, 1.807) is 0 Å². The summed E-state index contributed by atoms with van der Waals surface area (Å²) in [5.41, 5.74) is 1.15. The molecule has 3 aliphatic rings. The Bertz CT molecular complexity index is 446. The minimum absolute atomic E-state index is 0.157. The highest BCUT2D eigenvalue weighted by molar-refractivity contribution is 8.00. The van der Waals surface area contributed by atoms with Crippen molar-refractivity contribution in [1.29, 1.82) is 0 Å². The summed E-state index contributed by atoms with van der Waals surface area (Å²) in [5, 5.41) is 0. The molecule has 0 aromatic rings. The number of likely N-dealkylation sites (tertiary alicyclic amines) is 1. The number of fused-ring (bicyclic) bond motifs is 1. The summed E-state index contributed by atoms with van der Waals surface area (Å²) in [6, 6.07) is 0.157. The van der Waals surface area contributed by atoms with E-state index < -0.39 is 0 Å². The van der Waals surface area contributed by atoms with Crippen molar-refractivity contribution < 1.29 is 4.79 Å². The van der Waals surface area contributed by atoms with Crippen molar-refractivity contribution in [3.8, 4) is 0 Å². The van der Waals surface area contributed by atoms with Crippen LogP contribution in [0.25, 0.3) is 0 Å². The predicted molar refractivity (Wildman–Crippen MR) is 86.1 cm³/mol. The van der Waals surface area contributed by atoms with Crippen LogP contribution in [0, 0.1) is 21.7 Å². The topological polar surface area (TPSA) is 20.3 Å². The Kier molecular flexibility index (Phi) is 3.01. The largest absolute Gasteiger partial charge is 0.297 e. The fourth-order valence-corrected chi connectivity index (χ4v) is 6.96. The van der Waals surface area contributed by atoms with Crippen LogP contribution in [0.1, 0.15) is 48.0 Å². The lowest BCUT2D eigenvalue weighted by molar-refractivity contribution is -0.130. The molecule has 0 aromatic carbocycles. The van der Waals surface area contributed by atoms with Gasteiger partial charge in [-0.15, -0.1) is 0 Å². The summed E-state index contributed by atoms with van der Waals surface area (Å²) in [6.45, 7) is 15.5. The quantitative estimate of drug-likeness (QED) is 0.778. The Hall–Kier alpha value is -0.0200. The molecule has 3 heteroatoms. The highest BCUT2D eigenvalue weighted by atomic mass is 32.2. The van der Waals surface area contributed by atoms with Gasteiger partial charge in [-0.05, 0) is 23.8 Å². The van der Waals surface area contributed by atoms with E-state index in [1.807, 2.05) is 0 Å². The number of nitrogens with zero attached hydrogens (tertiary/aromatic N) is 1. The molecule has 2 nitrogen and oxygen atoms in total. The zero-order valence-electron chi connectivity index (χ0n) is 13.9. The molecule has 1 saturated carbocycles. The lowest BCUT2D eigenvalue weighted by Crippen LogP contribution is -2.41. The average Bonchev–Trinajstić information content (AvgIpc) is 2.57. The van der Waals surface area contributed by atoms with Gasteiger partial charge >= 0.3 is 0 Å². The maximum Gasteiger partial charge on any atom is 0.155 e. The highest BCUT2D eigenvalue weighted by Gasteiger charge is 2.85. The lowest BCUT2D eigenvalue weighted by Gasteiger charge is -2.31. The molecule has 0 N–H and O–H groups in total. The smallest absolute Gasteiger partial charge is 0.155 e. The van der Waals surface area contributed by atoms with Gasteiger partial charge in [0.15, 0.2) is 5.78 Å². The lowest BCUT2D eigenvalue weighted by atomic mass is 9.82. The SMILES string of the molecule is CCN1C[C@]2(C[C@H]1C(=O)C(C)(C)C)C(C)(C)C21CSC1. The van der Waals surface area contributed by atoms with E-state index in [-0.39, 0.29) is 11.5 Å². The number of hydrogen-bond donors (Lipinski definition) is 0. The first-order chi connectivity index (χ1) is 9.13. The summed E-state index contributed by atoms with van der Waals surface area (Å²) in [7, 11) is 0. The van der Waals surface area contributed by atoms with Crippen LogP contribution in [0.4, 0.5) is 0 Å². The van der Waals surface area contributed by atoms with Gasteiger partial charge in [0.2, 0.25) is 0 Å². The molecular weight excluding hydrogens is 266 g/mol. The molecule has 2 saturated heterocycles. The zero-order chi connectivity index (χ0) is 15.0. The van der Waals surface area contributed by atoms with Gasteiger partial charge in [-0.3, -0.25) is 9.69 Å². The third-order valence-electron chi connectivity index (χ3n) is 6.85. The second kappa shape index (κ2) is 4.04. The maximum atomic E-state index is 12.8. The summed E-state index contributed by atoms with van der Waals surface area (Å²) >= 11 is 2.09. The van der Waals surface area contributed by atoms with Crippen molar-refractivity contribution >= 4 is 17.5 Å². The number of carbonyl (C=O) groups excluding carboxylic acids is 1. The van der Waals surface area contributed by atoms with Crippen molar-refractivity contribution in [2.45, 2.75) is 54.0 Å². The molecule has 2 aliphatic heterocycles. The minimum Gasteiger partial charge on any atom is -0.297 e. The van der Waals surface area contributed by atoms with Crippen LogP contribution in [-0.2, 0) is 4.79 Å². The molecule has 0 bridgehead atoms. The Labute approximate surface area is 128 Å². The normalized spacial score (nSPS) is 38.2. The van der Waals surface area contributed by atoms with Gasteiger partial charge in [0.05, 0.1) is 6.04 Å². The molecule has 2 atom stereocenters. The third kappa shape index (κ3) is 1.49. The number of likely N-dealkylation sites (N-methyl/N-ethyl adjacent to an activating group) is 1. The van der Waals surface area contributed by atoms with E-state index in [0.29, 0.717) is 22.0 Å². The molecule has 20 heavy (non-hydrogen) atoms. The van der Waals surface area contributed by atoms with Gasteiger partial charge in [0, 0.05) is 28.9 Å². The van der Waals surface area contributed by atoms with Gasteiger partial charge < -0.3 is 0 Å². The van der Waals surface area contributed by atoms with Crippen molar-refractivity contribution in [3.05, 3.63) is 0 Å². The highest BCUT2D eigenvalue weighted by Crippen LogP contribution is 2.86. The second-order valence-corrected chi connectivity index (χ2v) is 9.66. The first-order valence-electron chi connectivity index (χ1n) is 7.99. The van der Waals surface area contributed by atoms with Crippen LogP contribution in [0.5, 0.6) is 0 Å². The zero-order valence-corrected chi connectivity index (χ0v) is 14.7. The molecular formula is C17H29NOS. The monoisotopic (exact) mass is 295 g/mol. The van der Waals surface area contributed by atoms with Crippen LogP contribution < -0.4 is 0 Å². The number of hydrogen-bond acceptors (Lipinski definition) is 3. The van der Waals surface area contributed by atoms with E-state index in [4.69, 9.17) is 0 Å². The standard InChI is InChI=1S/C17H29NOS/c1-7-18-9-16(8-12(18)13(19)14(2,3)4)15(5,6)17(16)10-20-11-17/h12H,7-11H2,1-6H3/t12-,16+/m0/s1. The van der Waals surface area contributed by atoms with E-state index in [0.717, 1.165) is 19.5 Å². The van der Waals surface area contributed by atoms with Crippen LogP contribution >= 0.6 is 11.8 Å². The van der Waals surface area contributed by atoms with Crippen molar-refractivity contribution in [2.75, 3.05) is 24.6 Å². The number of rotatable bonds is 2. The third-order valence-corrected chi connectivity index (χ3v) is 8.24. The van der Waals surface area contributed by atoms with Crippen molar-refractivity contribution in [1.82, 2.24) is 4.90 Å². The fourth-order valence-electron chi connectivity index (χ4n) is 5.07.